The van der Waals surface area contributed by atoms with Crippen LogP contribution in [0.3, 0.4) is 0 Å². The quantitative estimate of drug-likeness (QED) is 0.918. The van der Waals surface area contributed by atoms with Crippen LogP contribution in [0.15, 0.2) is 42.5 Å². The van der Waals surface area contributed by atoms with E-state index in [4.69, 9.17) is 4.74 Å². The van der Waals surface area contributed by atoms with E-state index in [0.29, 0.717) is 12.0 Å². The van der Waals surface area contributed by atoms with Crippen LogP contribution >= 0.6 is 0 Å². The molecule has 1 N–H and O–H groups in total. The van der Waals surface area contributed by atoms with E-state index in [1.165, 1.54) is 29.2 Å². The lowest BCUT2D eigenvalue weighted by Crippen LogP contribution is -2.39. The van der Waals surface area contributed by atoms with Gasteiger partial charge in [0.1, 0.15) is 0 Å². The van der Waals surface area contributed by atoms with E-state index in [-0.39, 0.29) is 0 Å². The summed E-state index contributed by atoms with van der Waals surface area (Å²) in [6.07, 6.45) is 3.54. The number of likely N-dealkylation sites (N-methyl/N-ethyl adjacent to an activating group) is 1. The number of ether oxygens (including phenoxy) is 1. The maximum atomic E-state index is 5.65. The fraction of sp³-hybridized carbons (Fsp3) is 0.444. The van der Waals surface area contributed by atoms with Gasteiger partial charge >= 0.3 is 0 Å². The summed E-state index contributed by atoms with van der Waals surface area (Å²) in [5.74, 6) is 0.632. The third-order valence-corrected chi connectivity index (χ3v) is 4.46. The highest BCUT2D eigenvalue weighted by Crippen LogP contribution is 2.24. The Kier molecular flexibility index (Phi) is 4.34. The van der Waals surface area contributed by atoms with Gasteiger partial charge in [0.2, 0.25) is 0 Å². The zero-order valence-electron chi connectivity index (χ0n) is 12.1. The van der Waals surface area contributed by atoms with Gasteiger partial charge in [-0.1, -0.05) is 42.5 Å². The molecule has 2 heteroatoms. The van der Waals surface area contributed by atoms with Crippen LogP contribution in [-0.2, 0) is 11.2 Å². The van der Waals surface area contributed by atoms with Gasteiger partial charge in [0, 0.05) is 12.6 Å². The molecule has 1 saturated heterocycles. The maximum absolute atomic E-state index is 5.65. The van der Waals surface area contributed by atoms with Crippen LogP contribution in [0.5, 0.6) is 0 Å². The van der Waals surface area contributed by atoms with Crippen LogP contribution < -0.4 is 5.32 Å². The monoisotopic (exact) mass is 269 g/mol. The molecule has 0 saturated carbocycles. The number of rotatable bonds is 4. The molecule has 2 nitrogen and oxygen atoms in total. The average molecular weight is 269 g/mol. The van der Waals surface area contributed by atoms with Crippen molar-refractivity contribution >= 4 is 10.8 Å². The summed E-state index contributed by atoms with van der Waals surface area (Å²) in [5, 5.41) is 6.22. The number of nitrogens with one attached hydrogen (secondary N) is 1. The van der Waals surface area contributed by atoms with E-state index in [2.05, 4.69) is 54.8 Å². The van der Waals surface area contributed by atoms with Crippen molar-refractivity contribution < 1.29 is 4.74 Å². The molecule has 0 bridgehead atoms. The van der Waals surface area contributed by atoms with Crippen LogP contribution in [0.2, 0.25) is 0 Å². The van der Waals surface area contributed by atoms with Gasteiger partial charge < -0.3 is 10.1 Å². The first kappa shape index (κ1) is 13.6. The maximum Gasteiger partial charge on any atom is 0.0509 e. The lowest BCUT2D eigenvalue weighted by Gasteiger charge is -2.30. The fourth-order valence-electron chi connectivity index (χ4n) is 3.29. The second-order valence-electron chi connectivity index (χ2n) is 5.71. The van der Waals surface area contributed by atoms with E-state index < -0.39 is 0 Å². The molecule has 2 unspecified atom stereocenters. The second-order valence-corrected chi connectivity index (χ2v) is 5.71. The molecule has 1 heterocycles. The van der Waals surface area contributed by atoms with Crippen LogP contribution in [0.4, 0.5) is 0 Å². The lowest BCUT2D eigenvalue weighted by molar-refractivity contribution is 0.0405. The summed E-state index contributed by atoms with van der Waals surface area (Å²) < 4.78 is 5.65. The summed E-state index contributed by atoms with van der Waals surface area (Å²) in [7, 11) is 2.07. The summed E-state index contributed by atoms with van der Waals surface area (Å²) in [4.78, 5) is 0. The van der Waals surface area contributed by atoms with E-state index in [0.717, 1.165) is 19.6 Å². The van der Waals surface area contributed by atoms with Gasteiger partial charge in [-0.15, -0.1) is 0 Å². The molecule has 3 rings (SSSR count). The van der Waals surface area contributed by atoms with Crippen molar-refractivity contribution in [1.82, 2.24) is 5.32 Å². The zero-order chi connectivity index (χ0) is 13.8. The van der Waals surface area contributed by atoms with Gasteiger partial charge in [-0.25, -0.2) is 0 Å². The number of hydrogen-bond donors (Lipinski definition) is 1. The summed E-state index contributed by atoms with van der Waals surface area (Å²) in [6, 6.07) is 15.8. The molecular formula is C18H23NO. The molecule has 1 fully saturated rings. The van der Waals surface area contributed by atoms with Gasteiger partial charge in [0.05, 0.1) is 6.61 Å². The highest BCUT2D eigenvalue weighted by atomic mass is 16.5. The standard InChI is InChI=1S/C18H23NO/c1-19-18(16-9-5-11-20-13-16)12-15-8-4-7-14-6-2-3-10-17(14)15/h2-4,6-8,10,16,18-19H,5,9,11-13H2,1H3. The highest BCUT2D eigenvalue weighted by Gasteiger charge is 2.23. The molecule has 0 spiro atoms. The first-order chi connectivity index (χ1) is 9.88. The Labute approximate surface area is 121 Å². The van der Waals surface area contributed by atoms with Crippen LogP contribution in [0.25, 0.3) is 10.8 Å². The van der Waals surface area contributed by atoms with E-state index in [9.17, 15) is 0 Å². The first-order valence-corrected chi connectivity index (χ1v) is 7.60. The van der Waals surface area contributed by atoms with Crippen molar-refractivity contribution in [2.24, 2.45) is 5.92 Å². The molecule has 1 aliphatic heterocycles. The molecule has 0 aliphatic carbocycles. The molecule has 1 aliphatic rings. The lowest BCUT2D eigenvalue weighted by atomic mass is 9.88. The molecular weight excluding hydrogens is 246 g/mol. The smallest absolute Gasteiger partial charge is 0.0509 e. The largest absolute Gasteiger partial charge is 0.381 e. The molecule has 2 aromatic rings. The van der Waals surface area contributed by atoms with Gasteiger partial charge in [0.15, 0.2) is 0 Å². The molecule has 20 heavy (non-hydrogen) atoms. The Hall–Kier alpha value is -1.38. The highest BCUT2D eigenvalue weighted by molar-refractivity contribution is 5.85. The SMILES string of the molecule is CNC(Cc1cccc2ccccc12)C1CCCOC1. The minimum absolute atomic E-state index is 0.501. The average Bonchev–Trinajstić information content (AvgIpc) is 2.53. The molecule has 2 aromatic carbocycles. The predicted octanol–water partition coefficient (Wildman–Crippen LogP) is 3.40. The minimum atomic E-state index is 0.501. The van der Waals surface area contributed by atoms with Crippen molar-refractivity contribution in [3.05, 3.63) is 48.0 Å². The Morgan fingerprint density at radius 1 is 1.20 bits per heavy atom. The molecule has 0 radical (unpaired) electrons. The van der Waals surface area contributed by atoms with E-state index >= 15 is 0 Å². The second kappa shape index (κ2) is 6.38. The summed E-state index contributed by atoms with van der Waals surface area (Å²) >= 11 is 0. The predicted molar refractivity (Wildman–Crippen MR) is 84.0 cm³/mol. The zero-order valence-corrected chi connectivity index (χ0v) is 12.1. The topological polar surface area (TPSA) is 21.3 Å². The van der Waals surface area contributed by atoms with Crippen molar-refractivity contribution in [1.29, 1.82) is 0 Å². The summed E-state index contributed by atoms with van der Waals surface area (Å²) in [5.41, 5.74) is 1.44. The fourth-order valence-corrected chi connectivity index (χ4v) is 3.29. The van der Waals surface area contributed by atoms with Gasteiger partial charge in [-0.05, 0) is 48.6 Å². The Morgan fingerprint density at radius 3 is 2.85 bits per heavy atom. The van der Waals surface area contributed by atoms with Gasteiger partial charge in [-0.3, -0.25) is 0 Å². The third-order valence-electron chi connectivity index (χ3n) is 4.46. The van der Waals surface area contributed by atoms with E-state index in [1.54, 1.807) is 0 Å². The van der Waals surface area contributed by atoms with Crippen LogP contribution in [-0.4, -0.2) is 26.3 Å². The van der Waals surface area contributed by atoms with Gasteiger partial charge in [0.25, 0.3) is 0 Å². The number of hydrogen-bond acceptors (Lipinski definition) is 2. The van der Waals surface area contributed by atoms with Crippen molar-refractivity contribution in [2.75, 3.05) is 20.3 Å². The van der Waals surface area contributed by atoms with Gasteiger partial charge in [-0.2, -0.15) is 0 Å². The van der Waals surface area contributed by atoms with Crippen LogP contribution in [0.1, 0.15) is 18.4 Å². The van der Waals surface area contributed by atoms with Crippen molar-refractivity contribution in [3.8, 4) is 0 Å². The Balaban J connectivity index is 1.83. The third kappa shape index (κ3) is 2.87. The molecule has 0 aromatic heterocycles. The van der Waals surface area contributed by atoms with Crippen LogP contribution in [0, 0.1) is 5.92 Å². The first-order valence-electron chi connectivity index (χ1n) is 7.60. The minimum Gasteiger partial charge on any atom is -0.381 e. The van der Waals surface area contributed by atoms with Crippen molar-refractivity contribution in [2.45, 2.75) is 25.3 Å². The molecule has 106 valence electrons. The van der Waals surface area contributed by atoms with E-state index in [1.807, 2.05) is 0 Å². The number of fused-ring (bicyclic) bond motifs is 1. The van der Waals surface area contributed by atoms with Crippen molar-refractivity contribution in [3.63, 3.8) is 0 Å². The normalized spacial score (nSPS) is 20.9. The Morgan fingerprint density at radius 2 is 2.05 bits per heavy atom. The Bertz CT molecular complexity index is 555. The molecule has 0 amide bonds. The summed E-state index contributed by atoms with van der Waals surface area (Å²) in [6.45, 7) is 1.83. The molecule has 2 atom stereocenters. The number of benzene rings is 2.